The molecule has 0 aromatic heterocycles. The van der Waals surface area contributed by atoms with Gasteiger partial charge in [0.1, 0.15) is 0 Å². The first-order valence-corrected chi connectivity index (χ1v) is 6.18. The largest absolute Gasteiger partial charge is 0.0849 e. The molecule has 0 nitrogen and oxygen atoms in total. The van der Waals surface area contributed by atoms with Crippen molar-refractivity contribution in [2.75, 3.05) is 0 Å². The minimum atomic E-state index is 0.350. The predicted molar refractivity (Wildman–Crippen MR) is 64.3 cm³/mol. The molecule has 0 aliphatic heterocycles. The van der Waals surface area contributed by atoms with Gasteiger partial charge in [-0.05, 0) is 30.1 Å². The van der Waals surface area contributed by atoms with Gasteiger partial charge >= 0.3 is 0 Å². The van der Waals surface area contributed by atoms with Gasteiger partial charge in [0.2, 0.25) is 0 Å². The zero-order valence-corrected chi connectivity index (χ0v) is 10.3. The summed E-state index contributed by atoms with van der Waals surface area (Å²) < 4.78 is 0. The lowest BCUT2D eigenvalue weighted by Gasteiger charge is -2.26. The minimum absolute atomic E-state index is 0.350. The fourth-order valence-electron chi connectivity index (χ4n) is 2.26. The highest BCUT2D eigenvalue weighted by molar-refractivity contribution is 4.96. The van der Waals surface area contributed by atoms with Gasteiger partial charge < -0.3 is 0 Å². The van der Waals surface area contributed by atoms with Gasteiger partial charge in [-0.25, -0.2) is 0 Å². The van der Waals surface area contributed by atoms with E-state index >= 15 is 0 Å². The molecule has 0 saturated heterocycles. The van der Waals surface area contributed by atoms with Crippen molar-refractivity contribution in [1.82, 2.24) is 0 Å². The van der Waals surface area contributed by atoms with Crippen LogP contribution in [0.4, 0.5) is 0 Å². The molecule has 0 aromatic rings. The molecule has 0 heterocycles. The Balaban J connectivity index is 2.40. The van der Waals surface area contributed by atoms with Crippen molar-refractivity contribution in [3.63, 3.8) is 0 Å². The molecule has 0 aromatic carbocycles. The van der Waals surface area contributed by atoms with Crippen molar-refractivity contribution in [3.05, 3.63) is 12.2 Å². The Morgan fingerprint density at radius 1 is 1.07 bits per heavy atom. The molecule has 0 heteroatoms. The van der Waals surface area contributed by atoms with Crippen molar-refractivity contribution in [2.45, 2.75) is 59.8 Å². The van der Waals surface area contributed by atoms with E-state index in [9.17, 15) is 0 Å². The maximum atomic E-state index is 2.44. The van der Waals surface area contributed by atoms with Crippen LogP contribution in [0.2, 0.25) is 0 Å². The maximum Gasteiger partial charge on any atom is -0.0203 e. The van der Waals surface area contributed by atoms with E-state index < -0.39 is 0 Å². The monoisotopic (exact) mass is 194 g/mol. The van der Waals surface area contributed by atoms with Crippen molar-refractivity contribution in [3.8, 4) is 0 Å². The summed E-state index contributed by atoms with van der Waals surface area (Å²) in [7, 11) is 0. The molecular weight excluding hydrogens is 168 g/mol. The second-order valence-corrected chi connectivity index (χ2v) is 5.98. The highest BCUT2D eigenvalue weighted by Crippen LogP contribution is 2.31. The third kappa shape index (κ3) is 4.30. The van der Waals surface area contributed by atoms with Gasteiger partial charge in [-0.3, -0.25) is 0 Å². The smallest absolute Gasteiger partial charge is 0.0203 e. The molecule has 1 fully saturated rings. The van der Waals surface area contributed by atoms with Crippen LogP contribution in [0.5, 0.6) is 0 Å². The summed E-state index contributed by atoms with van der Waals surface area (Å²) in [5, 5.41) is 0. The molecular formula is C14H26. The number of hydrogen-bond acceptors (Lipinski definition) is 0. The Morgan fingerprint density at radius 3 is 2.14 bits per heavy atom. The van der Waals surface area contributed by atoms with Gasteiger partial charge in [-0.15, -0.1) is 0 Å². The molecule has 1 saturated carbocycles. The van der Waals surface area contributed by atoms with Gasteiger partial charge in [-0.2, -0.15) is 0 Å². The highest BCUT2D eigenvalue weighted by Gasteiger charge is 2.18. The first-order valence-electron chi connectivity index (χ1n) is 6.18. The molecule has 0 amide bonds. The van der Waals surface area contributed by atoms with Crippen molar-refractivity contribution >= 4 is 0 Å². The van der Waals surface area contributed by atoms with Crippen molar-refractivity contribution in [1.29, 1.82) is 0 Å². The molecule has 1 rings (SSSR count). The van der Waals surface area contributed by atoms with E-state index in [4.69, 9.17) is 0 Å². The maximum absolute atomic E-state index is 2.44. The van der Waals surface area contributed by atoms with Gasteiger partial charge in [0.15, 0.2) is 0 Å². The quantitative estimate of drug-likeness (QED) is 0.554. The third-order valence-electron chi connectivity index (χ3n) is 3.29. The molecule has 82 valence electrons. The third-order valence-corrected chi connectivity index (χ3v) is 3.29. The van der Waals surface area contributed by atoms with Gasteiger partial charge in [0.25, 0.3) is 0 Å². The van der Waals surface area contributed by atoms with E-state index in [0.717, 1.165) is 11.8 Å². The van der Waals surface area contributed by atoms with E-state index in [-0.39, 0.29) is 0 Å². The SMILES string of the molecule is CC(/C=C/C(C)(C)C)C1CCCCC1. The summed E-state index contributed by atoms with van der Waals surface area (Å²) in [6.45, 7) is 9.21. The summed E-state index contributed by atoms with van der Waals surface area (Å²) in [5.74, 6) is 1.75. The summed E-state index contributed by atoms with van der Waals surface area (Å²) in [5.41, 5.74) is 0.350. The van der Waals surface area contributed by atoms with Crippen LogP contribution < -0.4 is 0 Å². The van der Waals surface area contributed by atoms with Crippen LogP contribution in [0.1, 0.15) is 59.8 Å². The Kier molecular flexibility index (Phi) is 4.22. The number of hydrogen-bond donors (Lipinski definition) is 0. The Bertz CT molecular complexity index is 177. The lowest BCUT2D eigenvalue weighted by molar-refractivity contribution is 0.298. The standard InChI is InChI=1S/C14H26/c1-12(10-11-14(2,3)4)13-8-6-5-7-9-13/h10-13H,5-9H2,1-4H3/b11-10+. The molecule has 0 spiro atoms. The summed E-state index contributed by atoms with van der Waals surface area (Å²) in [6.07, 6.45) is 12.1. The Morgan fingerprint density at radius 2 is 1.64 bits per heavy atom. The number of allylic oxidation sites excluding steroid dienone is 2. The molecule has 1 aliphatic rings. The first kappa shape index (κ1) is 11.8. The minimum Gasteiger partial charge on any atom is -0.0849 e. The van der Waals surface area contributed by atoms with Crippen LogP contribution >= 0.6 is 0 Å². The van der Waals surface area contributed by atoms with Crippen LogP contribution in [0.15, 0.2) is 12.2 Å². The molecule has 1 unspecified atom stereocenters. The van der Waals surface area contributed by atoms with E-state index in [1.54, 1.807) is 0 Å². The molecule has 0 bridgehead atoms. The van der Waals surface area contributed by atoms with E-state index in [1.807, 2.05) is 0 Å². The number of rotatable bonds is 2. The Labute approximate surface area is 89.8 Å². The van der Waals surface area contributed by atoms with Gasteiger partial charge in [0.05, 0.1) is 0 Å². The van der Waals surface area contributed by atoms with Crippen LogP contribution in [-0.4, -0.2) is 0 Å². The van der Waals surface area contributed by atoms with Gasteiger partial charge in [-0.1, -0.05) is 59.1 Å². The van der Waals surface area contributed by atoms with Crippen molar-refractivity contribution < 1.29 is 0 Å². The molecule has 0 radical (unpaired) electrons. The second-order valence-electron chi connectivity index (χ2n) is 5.98. The average Bonchev–Trinajstić information content (AvgIpc) is 2.14. The average molecular weight is 194 g/mol. The molecule has 1 atom stereocenters. The lowest BCUT2D eigenvalue weighted by Crippen LogP contribution is -2.14. The van der Waals surface area contributed by atoms with E-state index in [2.05, 4.69) is 39.8 Å². The fraction of sp³-hybridized carbons (Fsp3) is 0.857. The van der Waals surface area contributed by atoms with Crippen LogP contribution in [0.3, 0.4) is 0 Å². The fourth-order valence-corrected chi connectivity index (χ4v) is 2.26. The lowest BCUT2D eigenvalue weighted by atomic mass is 9.80. The van der Waals surface area contributed by atoms with Gasteiger partial charge in [0, 0.05) is 0 Å². The van der Waals surface area contributed by atoms with Crippen molar-refractivity contribution in [2.24, 2.45) is 17.3 Å². The highest BCUT2D eigenvalue weighted by atomic mass is 14.2. The van der Waals surface area contributed by atoms with Crippen LogP contribution in [-0.2, 0) is 0 Å². The molecule has 14 heavy (non-hydrogen) atoms. The van der Waals surface area contributed by atoms with Crippen LogP contribution in [0.25, 0.3) is 0 Å². The zero-order valence-electron chi connectivity index (χ0n) is 10.3. The predicted octanol–water partition coefficient (Wildman–Crippen LogP) is 4.81. The van der Waals surface area contributed by atoms with E-state index in [0.29, 0.717) is 5.41 Å². The summed E-state index contributed by atoms with van der Waals surface area (Å²) >= 11 is 0. The molecule has 0 N–H and O–H groups in total. The normalized spacial score (nSPS) is 22.9. The topological polar surface area (TPSA) is 0 Å². The molecule has 1 aliphatic carbocycles. The zero-order chi connectivity index (χ0) is 10.6. The first-order chi connectivity index (χ1) is 6.49. The van der Waals surface area contributed by atoms with E-state index in [1.165, 1.54) is 32.1 Å². The Hall–Kier alpha value is -0.260. The summed E-state index contributed by atoms with van der Waals surface area (Å²) in [4.78, 5) is 0. The summed E-state index contributed by atoms with van der Waals surface area (Å²) in [6, 6.07) is 0. The van der Waals surface area contributed by atoms with Crippen LogP contribution in [0, 0.1) is 17.3 Å². The second kappa shape index (κ2) is 5.00.